The lowest BCUT2D eigenvalue weighted by atomic mass is 9.79. The monoisotopic (exact) mass is 1220 g/mol. The van der Waals surface area contributed by atoms with Gasteiger partial charge in [-0.05, 0) is 122 Å². The first-order valence-corrected chi connectivity index (χ1v) is 40.3. The number of anilines is 1. The Morgan fingerprint density at radius 3 is 0.910 bits per heavy atom. The molecule has 1 nitrogen and oxygen atoms in total. The van der Waals surface area contributed by atoms with E-state index in [1.807, 2.05) is 0 Å². The van der Waals surface area contributed by atoms with E-state index >= 15 is 0 Å². The first-order chi connectivity index (χ1) is 42.6. The molecular weight excluding hydrogens is 1140 g/mol. The van der Waals surface area contributed by atoms with Crippen molar-refractivity contribution in [2.24, 2.45) is 0 Å². The van der Waals surface area contributed by atoms with E-state index in [1.165, 1.54) is 89.7 Å². The topological polar surface area (TPSA) is 26.0 Å². The van der Waals surface area contributed by atoms with Crippen molar-refractivity contribution in [3.8, 4) is 0 Å². The molecule has 0 spiro atoms. The second kappa shape index (κ2) is 23.5. The van der Waals surface area contributed by atoms with Gasteiger partial charge in [0.25, 0.3) is 0 Å². The molecule has 1 aliphatic carbocycles. The summed E-state index contributed by atoms with van der Waals surface area (Å²) in [5.74, 6) is -0.0606. The van der Waals surface area contributed by atoms with Crippen molar-refractivity contribution in [1.82, 2.24) is 0 Å². The van der Waals surface area contributed by atoms with E-state index in [1.54, 1.807) is 0 Å². The summed E-state index contributed by atoms with van der Waals surface area (Å²) in [7, 11) is -11.8. The Hall–Kier alpha value is -7.91. The Balaban J connectivity index is 1.25. The number of nitrogen functional groups attached to an aromatic ring is 1. The average Bonchev–Trinajstić information content (AvgIpc) is 1.11. The van der Waals surface area contributed by atoms with Gasteiger partial charge in [-0.1, -0.05) is 368 Å². The molecule has 0 saturated carbocycles. The van der Waals surface area contributed by atoms with Gasteiger partial charge in [0.2, 0.25) is 0 Å². The highest BCUT2D eigenvalue weighted by atomic mass is 28.3. The van der Waals surface area contributed by atoms with Crippen molar-refractivity contribution in [3.05, 3.63) is 308 Å². The van der Waals surface area contributed by atoms with Crippen molar-refractivity contribution in [1.29, 1.82) is 0 Å². The molecule has 0 heterocycles. The molecule has 11 aromatic carbocycles. The molecule has 1 aliphatic rings. The molecule has 11 aromatic rings. The molecule has 446 valence electrons. The molecule has 12 rings (SSSR count). The van der Waals surface area contributed by atoms with Gasteiger partial charge in [0, 0.05) is 11.6 Å². The SMILES string of the molecule is CC(C)(C)[Si](C1=CC[C@@H](c2c(N)cc([Si](c3ccccc3)(c3ccccc3)C(C)(C)C)c3cc([Si](c4ccccc4)(c4ccccc4)C(C)(C)C)ccc23)c2ccc([Si](c3ccccc3)(c3ccccc3)C(C)(C)C)cc21)(c1ccccc1)c1ccccc1. The average molecular weight is 1220 g/mol. The van der Waals surface area contributed by atoms with Crippen LogP contribution in [0.1, 0.15) is 112 Å². The van der Waals surface area contributed by atoms with Gasteiger partial charge in [-0.2, -0.15) is 0 Å². The zero-order valence-corrected chi connectivity index (χ0v) is 58.6. The van der Waals surface area contributed by atoms with Crippen LogP contribution in [0.15, 0.2) is 291 Å². The van der Waals surface area contributed by atoms with Crippen LogP contribution in [0.5, 0.6) is 0 Å². The van der Waals surface area contributed by atoms with Crippen LogP contribution in [0.2, 0.25) is 20.2 Å². The fraction of sp³-hybridized carbons (Fsp3) is 0.214. The summed E-state index contributed by atoms with van der Waals surface area (Å²) >= 11 is 0. The van der Waals surface area contributed by atoms with Crippen molar-refractivity contribution >= 4 is 111 Å². The Bertz CT molecular complexity index is 4130. The fourth-order valence-electron chi connectivity index (χ4n) is 17.4. The lowest BCUT2D eigenvalue weighted by molar-refractivity contribution is 0.737. The molecule has 0 aromatic heterocycles. The lowest BCUT2D eigenvalue weighted by Gasteiger charge is -2.49. The number of nitrogens with two attached hydrogens (primary N) is 1. The number of hydrogen-bond acceptors (Lipinski definition) is 1. The van der Waals surface area contributed by atoms with Crippen LogP contribution >= 0.6 is 0 Å². The van der Waals surface area contributed by atoms with Crippen LogP contribution in [-0.4, -0.2) is 32.3 Å². The molecule has 0 fully saturated rings. The molecule has 0 radical (unpaired) electrons. The first kappa shape index (κ1) is 61.3. The minimum atomic E-state index is -3.06. The lowest BCUT2D eigenvalue weighted by Crippen LogP contribution is -2.73. The first-order valence-electron chi connectivity index (χ1n) is 32.3. The summed E-state index contributed by atoms with van der Waals surface area (Å²) in [6.45, 7) is 30.1. The van der Waals surface area contributed by atoms with Gasteiger partial charge >= 0.3 is 0 Å². The highest BCUT2D eigenvalue weighted by molar-refractivity contribution is 7.17. The second-order valence-corrected chi connectivity index (χ2v) is 48.2. The smallest absolute Gasteiger partial charge is 0.154 e. The maximum Gasteiger partial charge on any atom is 0.154 e. The number of hydrogen-bond donors (Lipinski definition) is 1. The second-order valence-electron chi connectivity index (χ2n) is 29.3. The highest BCUT2D eigenvalue weighted by Crippen LogP contribution is 2.52. The number of fused-ring (bicyclic) bond motifs is 2. The van der Waals surface area contributed by atoms with E-state index in [9.17, 15) is 0 Å². The minimum absolute atomic E-state index is 0.0606. The van der Waals surface area contributed by atoms with E-state index in [-0.39, 0.29) is 26.1 Å². The predicted octanol–water partition coefficient (Wildman–Crippen LogP) is 14.8. The number of benzene rings is 11. The Labute approximate surface area is 536 Å². The summed E-state index contributed by atoms with van der Waals surface area (Å²) < 4.78 is 0. The van der Waals surface area contributed by atoms with Crippen LogP contribution in [0, 0.1) is 0 Å². The third-order valence-electron chi connectivity index (χ3n) is 20.7. The van der Waals surface area contributed by atoms with E-state index in [2.05, 4.69) is 374 Å². The zero-order chi connectivity index (χ0) is 62.6. The van der Waals surface area contributed by atoms with Crippen LogP contribution in [-0.2, 0) is 0 Å². The van der Waals surface area contributed by atoms with E-state index < -0.39 is 32.3 Å². The van der Waals surface area contributed by atoms with Gasteiger partial charge in [-0.25, -0.2) is 0 Å². The van der Waals surface area contributed by atoms with Gasteiger partial charge in [0.05, 0.1) is 0 Å². The van der Waals surface area contributed by atoms with E-state index in [4.69, 9.17) is 5.73 Å². The Kier molecular flexibility index (Phi) is 16.2. The maximum absolute atomic E-state index is 8.25. The molecule has 1 atom stereocenters. The molecule has 0 amide bonds. The normalized spacial score (nSPS) is 14.5. The quantitative estimate of drug-likeness (QED) is 0.0695. The van der Waals surface area contributed by atoms with Crippen molar-refractivity contribution in [2.45, 2.75) is 116 Å². The van der Waals surface area contributed by atoms with E-state index in [0.29, 0.717) is 0 Å². The number of rotatable bonds is 13. The van der Waals surface area contributed by atoms with Crippen LogP contribution < -0.4 is 62.8 Å². The summed E-state index contributed by atoms with van der Waals surface area (Å²) in [6.07, 6.45) is 3.54. The summed E-state index contributed by atoms with van der Waals surface area (Å²) in [5, 5.41) is 19.0. The van der Waals surface area contributed by atoms with Crippen LogP contribution in [0.25, 0.3) is 16.0 Å². The fourth-order valence-corrected chi connectivity index (χ4v) is 40.6. The largest absolute Gasteiger partial charge is 0.398 e. The summed E-state index contributed by atoms with van der Waals surface area (Å²) in [4.78, 5) is 0. The van der Waals surface area contributed by atoms with Gasteiger partial charge in [0.1, 0.15) is 0 Å². The maximum atomic E-state index is 8.25. The summed E-state index contributed by atoms with van der Waals surface area (Å²) in [6, 6.07) is 111. The molecule has 0 aliphatic heterocycles. The zero-order valence-electron chi connectivity index (χ0n) is 54.6. The van der Waals surface area contributed by atoms with Gasteiger partial charge in [0.15, 0.2) is 32.3 Å². The van der Waals surface area contributed by atoms with E-state index in [0.717, 1.165) is 12.1 Å². The molecule has 0 saturated heterocycles. The number of allylic oxidation sites excluding steroid dienone is 1. The predicted molar refractivity (Wildman–Crippen MR) is 399 cm³/mol. The highest BCUT2D eigenvalue weighted by Gasteiger charge is 2.56. The molecule has 89 heavy (non-hydrogen) atoms. The molecule has 5 heteroatoms. The summed E-state index contributed by atoms with van der Waals surface area (Å²) in [5.41, 5.74) is 13.1. The van der Waals surface area contributed by atoms with Crippen LogP contribution in [0.4, 0.5) is 5.69 Å². The molecular formula is C84H89NSi4. The van der Waals surface area contributed by atoms with Crippen molar-refractivity contribution in [3.63, 3.8) is 0 Å². The Morgan fingerprint density at radius 2 is 0.584 bits per heavy atom. The van der Waals surface area contributed by atoms with Gasteiger partial charge in [-0.3, -0.25) is 0 Å². The van der Waals surface area contributed by atoms with Gasteiger partial charge < -0.3 is 5.73 Å². The minimum Gasteiger partial charge on any atom is -0.398 e. The van der Waals surface area contributed by atoms with Crippen molar-refractivity contribution < 1.29 is 0 Å². The standard InChI is InChI=1S/C84H89NSi4/c1-81(2,3)86(62-37-21-13-22-38-62,63-39-23-14-24-40-63)70-53-55-72-73(57-58-78(75(72)59-70)88(83(7,8)9,66-45-29-17-30-46-66)67-47-31-18-32-48-67)80-74-56-54-71(87(82(4,5)6,64-41-25-15-26-42-64)65-43-27-16-28-44-65)60-76(74)79(61-77(80)85)89(84(10,11)12,68-49-33-19-34-50-68)69-51-35-20-36-52-69/h13-56,58-61,73H,57,85H2,1-12H3/t73-/m1/s1. The molecule has 0 unspecified atom stereocenters. The molecule has 2 N–H and O–H groups in total. The Morgan fingerprint density at radius 1 is 0.292 bits per heavy atom. The van der Waals surface area contributed by atoms with Crippen molar-refractivity contribution in [2.75, 3.05) is 5.73 Å². The van der Waals surface area contributed by atoms with Crippen LogP contribution in [0.3, 0.4) is 0 Å². The third-order valence-corrected chi connectivity index (χ3v) is 44.1. The molecule has 0 bridgehead atoms. The van der Waals surface area contributed by atoms with Gasteiger partial charge in [-0.15, -0.1) is 0 Å². The third kappa shape index (κ3) is 9.81.